The molecule has 1 aromatic rings. The lowest BCUT2D eigenvalue weighted by molar-refractivity contribution is -0.260. The number of esters is 2. The predicted molar refractivity (Wildman–Crippen MR) is 156 cm³/mol. The second-order valence-corrected chi connectivity index (χ2v) is 14.9. The fraction of sp³-hybridized carbons (Fsp3) is 0.771. The SMILES string of the molecule is CC(=O)OC(CCC[C@@H](C)[C@H]1CC[C@H]2[C@H]3[C@H](CC[C@]12C)[C@@]1(C)CC[C@H](OC(C)=O)[C@H](O)[C@@H]1CC3(F)F)c1c(F)cccc1F. The molecule has 0 amide bonds. The number of hydrogen-bond acceptors (Lipinski definition) is 5. The van der Waals surface area contributed by atoms with E-state index < -0.39 is 65.1 Å². The molecule has 4 aliphatic rings. The van der Waals surface area contributed by atoms with E-state index >= 15 is 8.78 Å². The summed E-state index contributed by atoms with van der Waals surface area (Å²) in [6, 6.07) is 3.59. The highest BCUT2D eigenvalue weighted by Gasteiger charge is 2.69. The first-order chi connectivity index (χ1) is 20.6. The van der Waals surface area contributed by atoms with Crippen molar-refractivity contribution in [2.24, 2.45) is 46.3 Å². The molecule has 0 heterocycles. The van der Waals surface area contributed by atoms with Crippen LogP contribution in [0.3, 0.4) is 0 Å². The maximum atomic E-state index is 16.3. The van der Waals surface area contributed by atoms with Gasteiger partial charge >= 0.3 is 11.9 Å². The molecular formula is C35H48F4O5. The van der Waals surface area contributed by atoms with Crippen LogP contribution < -0.4 is 0 Å². The summed E-state index contributed by atoms with van der Waals surface area (Å²) in [6.45, 7) is 8.92. The lowest BCUT2D eigenvalue weighted by atomic mass is 9.43. The highest BCUT2D eigenvalue weighted by Crippen LogP contribution is 2.71. The van der Waals surface area contributed by atoms with Crippen LogP contribution in [-0.2, 0) is 19.1 Å². The Kier molecular flexibility index (Phi) is 9.22. The monoisotopic (exact) mass is 624 g/mol. The van der Waals surface area contributed by atoms with Crippen molar-refractivity contribution in [3.63, 3.8) is 0 Å². The first-order valence-corrected chi connectivity index (χ1v) is 16.4. The van der Waals surface area contributed by atoms with E-state index in [0.717, 1.165) is 37.8 Å². The molecule has 0 bridgehead atoms. The van der Waals surface area contributed by atoms with Crippen LogP contribution in [0.25, 0.3) is 0 Å². The number of benzene rings is 1. The number of fused-ring (bicyclic) bond motifs is 5. The number of aliphatic hydroxyl groups is 1. The van der Waals surface area contributed by atoms with E-state index in [9.17, 15) is 23.5 Å². The highest BCUT2D eigenvalue weighted by atomic mass is 19.3. The van der Waals surface area contributed by atoms with E-state index in [1.165, 1.54) is 19.9 Å². The molecule has 5 rings (SSSR count). The van der Waals surface area contributed by atoms with Crippen LogP contribution in [-0.4, -0.2) is 35.2 Å². The van der Waals surface area contributed by atoms with Crippen LogP contribution in [0, 0.1) is 58.0 Å². The molecule has 0 radical (unpaired) electrons. The Labute approximate surface area is 258 Å². The van der Waals surface area contributed by atoms with Gasteiger partial charge in [-0.25, -0.2) is 17.6 Å². The molecule has 246 valence electrons. The molecule has 9 heteroatoms. The average molecular weight is 625 g/mol. The van der Waals surface area contributed by atoms with Gasteiger partial charge in [0.2, 0.25) is 0 Å². The lowest BCUT2D eigenvalue weighted by Gasteiger charge is -2.63. The van der Waals surface area contributed by atoms with Crippen LogP contribution in [0.2, 0.25) is 0 Å². The van der Waals surface area contributed by atoms with E-state index in [4.69, 9.17) is 9.47 Å². The van der Waals surface area contributed by atoms with Gasteiger partial charge in [-0.05, 0) is 104 Å². The number of carbonyl (C=O) groups is 2. The molecule has 0 spiro atoms. The largest absolute Gasteiger partial charge is 0.460 e. The number of alkyl halides is 2. The van der Waals surface area contributed by atoms with Crippen molar-refractivity contribution in [2.75, 3.05) is 0 Å². The molecule has 4 saturated carbocycles. The molecule has 1 N–H and O–H groups in total. The van der Waals surface area contributed by atoms with E-state index in [1.807, 2.05) is 0 Å². The van der Waals surface area contributed by atoms with Gasteiger partial charge in [0.1, 0.15) is 23.8 Å². The van der Waals surface area contributed by atoms with E-state index in [-0.39, 0.29) is 47.5 Å². The first kappa shape index (κ1) is 33.2. The summed E-state index contributed by atoms with van der Waals surface area (Å²) in [5.74, 6) is -6.82. The van der Waals surface area contributed by atoms with Crippen molar-refractivity contribution in [3.8, 4) is 0 Å². The zero-order chi connectivity index (χ0) is 32.2. The fourth-order valence-corrected chi connectivity index (χ4v) is 10.6. The van der Waals surface area contributed by atoms with Crippen molar-refractivity contribution >= 4 is 11.9 Å². The standard InChI is InChI=1S/C35H48F4O5/c1-19(8-6-11-28(43-20(2)40)30-26(36)9-7-10-27(30)37)22-12-13-23-31-24(14-16-33(22,23)4)34(5)17-15-29(44-21(3)41)32(42)25(34)18-35(31,38)39/h7,9-10,19,22-25,28-29,31-32,42H,6,8,11-18H2,1-5H3/t19-,22-,23+,24+,25+,28?,29+,31+,32-,33-,34-/m1/s1. The molecule has 44 heavy (non-hydrogen) atoms. The minimum atomic E-state index is -2.93. The van der Waals surface area contributed by atoms with Crippen molar-refractivity contribution in [1.29, 1.82) is 0 Å². The number of rotatable bonds is 8. The van der Waals surface area contributed by atoms with Crippen LogP contribution in [0.1, 0.15) is 110 Å². The lowest BCUT2D eigenvalue weighted by Crippen LogP contribution is -2.64. The first-order valence-electron chi connectivity index (χ1n) is 16.4. The van der Waals surface area contributed by atoms with Gasteiger partial charge < -0.3 is 14.6 Å². The molecule has 1 aromatic carbocycles. The summed E-state index contributed by atoms with van der Waals surface area (Å²) in [5.41, 5.74) is -0.936. The summed E-state index contributed by atoms with van der Waals surface area (Å²) in [6.07, 6.45) is 2.57. The van der Waals surface area contributed by atoms with Gasteiger partial charge in [0.05, 0.1) is 11.7 Å². The van der Waals surface area contributed by atoms with Crippen LogP contribution in [0.5, 0.6) is 0 Å². The zero-order valence-corrected chi connectivity index (χ0v) is 26.6. The third-order valence-corrected chi connectivity index (χ3v) is 12.5. The molecule has 0 saturated heterocycles. The second-order valence-electron chi connectivity index (χ2n) is 14.9. The Hall–Kier alpha value is -2.16. The van der Waals surface area contributed by atoms with Gasteiger partial charge in [-0.1, -0.05) is 33.3 Å². The Balaban J connectivity index is 1.29. The van der Waals surface area contributed by atoms with Gasteiger partial charge in [-0.2, -0.15) is 0 Å². The number of carbonyl (C=O) groups excluding carboxylic acids is 2. The maximum absolute atomic E-state index is 16.3. The van der Waals surface area contributed by atoms with Crippen molar-refractivity contribution in [1.82, 2.24) is 0 Å². The van der Waals surface area contributed by atoms with Gasteiger partial charge in [0.25, 0.3) is 5.92 Å². The molecule has 4 aliphatic carbocycles. The predicted octanol–water partition coefficient (Wildman–Crippen LogP) is 8.18. The number of hydrogen-bond donors (Lipinski definition) is 1. The molecule has 1 unspecified atom stereocenters. The summed E-state index contributed by atoms with van der Waals surface area (Å²) in [7, 11) is 0. The number of aliphatic hydroxyl groups excluding tert-OH is 1. The summed E-state index contributed by atoms with van der Waals surface area (Å²) in [5, 5.41) is 11.1. The highest BCUT2D eigenvalue weighted by molar-refractivity contribution is 5.66. The van der Waals surface area contributed by atoms with Crippen LogP contribution in [0.15, 0.2) is 18.2 Å². The fourth-order valence-electron chi connectivity index (χ4n) is 10.6. The number of halogens is 4. The second kappa shape index (κ2) is 12.2. The van der Waals surface area contributed by atoms with E-state index in [0.29, 0.717) is 25.7 Å². The van der Waals surface area contributed by atoms with Crippen molar-refractivity contribution < 1.29 is 41.7 Å². The quantitative estimate of drug-likeness (QED) is 0.233. The molecule has 5 nitrogen and oxygen atoms in total. The Morgan fingerprint density at radius 3 is 2.20 bits per heavy atom. The molecule has 4 fully saturated rings. The topological polar surface area (TPSA) is 72.8 Å². The van der Waals surface area contributed by atoms with Crippen LogP contribution >= 0.6 is 0 Å². The Bertz CT molecular complexity index is 1220. The van der Waals surface area contributed by atoms with E-state index in [1.54, 1.807) is 0 Å². The summed E-state index contributed by atoms with van der Waals surface area (Å²) < 4.78 is 72.3. The van der Waals surface area contributed by atoms with Crippen molar-refractivity contribution in [2.45, 2.75) is 123 Å². The minimum absolute atomic E-state index is 0.133. The third kappa shape index (κ3) is 5.79. The molecule has 11 atom stereocenters. The smallest absolute Gasteiger partial charge is 0.303 e. The molecular weight excluding hydrogens is 576 g/mol. The summed E-state index contributed by atoms with van der Waals surface area (Å²) >= 11 is 0. The van der Waals surface area contributed by atoms with E-state index in [2.05, 4.69) is 20.8 Å². The van der Waals surface area contributed by atoms with Crippen LogP contribution in [0.4, 0.5) is 17.6 Å². The molecule has 0 aliphatic heterocycles. The van der Waals surface area contributed by atoms with Gasteiger partial charge in [-0.3, -0.25) is 9.59 Å². The molecule has 0 aromatic heterocycles. The van der Waals surface area contributed by atoms with Gasteiger partial charge in [0.15, 0.2) is 0 Å². The normalized spacial score (nSPS) is 38.9. The Morgan fingerprint density at radius 1 is 0.932 bits per heavy atom. The summed E-state index contributed by atoms with van der Waals surface area (Å²) in [4.78, 5) is 23.3. The minimum Gasteiger partial charge on any atom is -0.460 e. The van der Waals surface area contributed by atoms with Gasteiger partial charge in [0, 0.05) is 26.2 Å². The van der Waals surface area contributed by atoms with Gasteiger partial charge in [-0.15, -0.1) is 0 Å². The van der Waals surface area contributed by atoms with Crippen molar-refractivity contribution in [3.05, 3.63) is 35.4 Å². The Morgan fingerprint density at radius 2 is 1.57 bits per heavy atom. The average Bonchev–Trinajstić information content (AvgIpc) is 3.28. The maximum Gasteiger partial charge on any atom is 0.303 e. The third-order valence-electron chi connectivity index (χ3n) is 12.5. The zero-order valence-electron chi connectivity index (χ0n) is 26.6. The number of ether oxygens (including phenoxy) is 2.